The molecule has 0 spiro atoms. The van der Waals surface area contributed by atoms with Crippen molar-refractivity contribution in [2.24, 2.45) is 0 Å². The van der Waals surface area contributed by atoms with Crippen LogP contribution in [0.5, 0.6) is 6.01 Å². The second-order valence-electron chi connectivity index (χ2n) is 9.19. The number of H-pyrrole nitrogens is 1. The third kappa shape index (κ3) is 5.22. The van der Waals surface area contributed by atoms with E-state index < -0.39 is 0 Å². The fourth-order valence-electron chi connectivity index (χ4n) is 4.63. The predicted molar refractivity (Wildman–Crippen MR) is 138 cm³/mol. The van der Waals surface area contributed by atoms with Gasteiger partial charge in [-0.1, -0.05) is 49.7 Å². The summed E-state index contributed by atoms with van der Waals surface area (Å²) >= 11 is 0. The summed E-state index contributed by atoms with van der Waals surface area (Å²) in [6.45, 7) is 6.31. The Morgan fingerprint density at radius 1 is 1.00 bits per heavy atom. The maximum absolute atomic E-state index is 12.8. The van der Waals surface area contributed by atoms with E-state index in [1.54, 1.807) is 4.57 Å². The zero-order valence-electron chi connectivity index (χ0n) is 20.2. The summed E-state index contributed by atoms with van der Waals surface area (Å²) in [5.74, 6) is 0.209. The number of nitrogens with zero attached hydrogens (tertiary/aromatic N) is 4. The number of hydrogen-bond acceptors (Lipinski definition) is 6. The number of nitrogen functional groups attached to an aromatic ring is 1. The molecule has 0 saturated carbocycles. The number of aromatic nitrogens is 4. The van der Waals surface area contributed by atoms with Crippen molar-refractivity contribution in [3.63, 3.8) is 0 Å². The number of likely N-dealkylation sites (tertiary alicyclic amines) is 1. The van der Waals surface area contributed by atoms with Crippen LogP contribution in [0.4, 0.5) is 5.82 Å². The zero-order chi connectivity index (χ0) is 24.2. The van der Waals surface area contributed by atoms with Gasteiger partial charge < -0.3 is 15.5 Å². The van der Waals surface area contributed by atoms with Crippen molar-refractivity contribution in [2.45, 2.75) is 45.7 Å². The van der Waals surface area contributed by atoms with Crippen LogP contribution in [-0.4, -0.2) is 44.1 Å². The number of anilines is 1. The standard InChI is InChI=1S/C27H32N6O2/c1-2-3-14-35-26-30-24(28)23-25(31-26)33(27(34)29-23)18-20-9-7-11-22(16-20)21-10-6-8-19(15-21)17-32-12-4-5-13-32/h6-11,15-16H,2-5,12-14,17-18H2,1H3,(H,29,34)(H2,28,30,31). The number of nitrogens with one attached hydrogen (secondary N) is 1. The third-order valence-electron chi connectivity index (χ3n) is 6.49. The van der Waals surface area contributed by atoms with Gasteiger partial charge in [0, 0.05) is 6.54 Å². The molecule has 0 unspecified atom stereocenters. The van der Waals surface area contributed by atoms with Gasteiger partial charge in [0.1, 0.15) is 5.52 Å². The normalized spacial score (nSPS) is 14.1. The molecule has 1 aliphatic heterocycles. The summed E-state index contributed by atoms with van der Waals surface area (Å²) in [7, 11) is 0. The van der Waals surface area contributed by atoms with Crippen LogP contribution in [-0.2, 0) is 13.1 Å². The first kappa shape index (κ1) is 23.1. The Hall–Kier alpha value is -3.65. The number of ether oxygens (including phenoxy) is 1. The molecule has 8 nitrogen and oxygen atoms in total. The van der Waals surface area contributed by atoms with Gasteiger partial charge in [-0.05, 0) is 66.7 Å². The SMILES string of the molecule is CCCCOc1nc(N)c2[nH]c(=O)n(Cc3cccc(-c4cccc(CN5CCCC5)c4)c3)c2n1. The van der Waals surface area contributed by atoms with Crippen LogP contribution in [0.25, 0.3) is 22.3 Å². The maximum atomic E-state index is 12.8. The van der Waals surface area contributed by atoms with E-state index in [9.17, 15) is 4.79 Å². The van der Waals surface area contributed by atoms with Gasteiger partial charge in [-0.3, -0.25) is 9.47 Å². The van der Waals surface area contributed by atoms with Gasteiger partial charge in [-0.15, -0.1) is 0 Å². The molecule has 0 amide bonds. The molecule has 2 aromatic carbocycles. The van der Waals surface area contributed by atoms with Crippen molar-refractivity contribution in [1.82, 2.24) is 24.4 Å². The minimum absolute atomic E-state index is 0.194. The molecule has 182 valence electrons. The summed E-state index contributed by atoms with van der Waals surface area (Å²) < 4.78 is 7.24. The molecule has 4 aromatic rings. The van der Waals surface area contributed by atoms with Crippen molar-refractivity contribution in [3.05, 3.63) is 70.1 Å². The summed E-state index contributed by atoms with van der Waals surface area (Å²) in [6, 6.07) is 17.2. The van der Waals surface area contributed by atoms with E-state index in [4.69, 9.17) is 10.5 Å². The number of unbranched alkanes of at least 4 members (excludes halogenated alkanes) is 1. The Morgan fingerprint density at radius 2 is 1.69 bits per heavy atom. The number of fused-ring (bicyclic) bond motifs is 1. The van der Waals surface area contributed by atoms with E-state index in [-0.39, 0.29) is 17.5 Å². The van der Waals surface area contributed by atoms with Crippen LogP contribution in [0.3, 0.4) is 0 Å². The molecule has 1 fully saturated rings. The molecule has 0 bridgehead atoms. The van der Waals surface area contributed by atoms with Crippen molar-refractivity contribution in [3.8, 4) is 17.1 Å². The molecule has 1 aliphatic rings. The highest BCUT2D eigenvalue weighted by Crippen LogP contribution is 2.24. The van der Waals surface area contributed by atoms with Crippen LogP contribution in [0, 0.1) is 0 Å². The minimum atomic E-state index is -0.273. The molecule has 0 atom stereocenters. The lowest BCUT2D eigenvalue weighted by Crippen LogP contribution is -2.18. The van der Waals surface area contributed by atoms with E-state index >= 15 is 0 Å². The van der Waals surface area contributed by atoms with E-state index in [1.165, 1.54) is 37.1 Å². The van der Waals surface area contributed by atoms with Gasteiger partial charge in [0.15, 0.2) is 11.5 Å². The fourth-order valence-corrected chi connectivity index (χ4v) is 4.63. The van der Waals surface area contributed by atoms with E-state index in [0.29, 0.717) is 24.3 Å². The van der Waals surface area contributed by atoms with Crippen molar-refractivity contribution >= 4 is 17.0 Å². The van der Waals surface area contributed by atoms with Gasteiger partial charge in [-0.2, -0.15) is 9.97 Å². The Labute approximate surface area is 204 Å². The van der Waals surface area contributed by atoms with Gasteiger partial charge in [-0.25, -0.2) is 4.79 Å². The number of benzene rings is 2. The van der Waals surface area contributed by atoms with E-state index in [0.717, 1.165) is 30.5 Å². The lowest BCUT2D eigenvalue weighted by atomic mass is 10.0. The largest absolute Gasteiger partial charge is 0.463 e. The highest BCUT2D eigenvalue weighted by molar-refractivity contribution is 5.82. The molecule has 2 aromatic heterocycles. The lowest BCUT2D eigenvalue weighted by molar-refractivity contribution is 0.286. The predicted octanol–water partition coefficient (Wildman–Crippen LogP) is 4.19. The fraction of sp³-hybridized carbons (Fsp3) is 0.370. The van der Waals surface area contributed by atoms with Crippen molar-refractivity contribution in [1.29, 1.82) is 0 Å². The lowest BCUT2D eigenvalue weighted by Gasteiger charge is -2.15. The molecule has 0 radical (unpaired) electrons. The highest BCUT2D eigenvalue weighted by Gasteiger charge is 2.16. The molecule has 5 rings (SSSR count). The molecular formula is C27H32N6O2. The number of hydrogen-bond donors (Lipinski definition) is 2. The van der Waals surface area contributed by atoms with Crippen molar-refractivity contribution < 1.29 is 4.74 Å². The summed E-state index contributed by atoms with van der Waals surface area (Å²) in [5.41, 5.74) is 11.3. The number of nitrogens with two attached hydrogens (primary N) is 1. The highest BCUT2D eigenvalue weighted by atomic mass is 16.5. The first-order chi connectivity index (χ1) is 17.1. The van der Waals surface area contributed by atoms with Crippen LogP contribution >= 0.6 is 0 Å². The topological polar surface area (TPSA) is 102 Å². The number of aromatic amines is 1. The number of imidazole rings is 1. The Bertz CT molecular complexity index is 1370. The van der Waals surface area contributed by atoms with Gasteiger partial charge >= 0.3 is 11.7 Å². The average molecular weight is 473 g/mol. The molecular weight excluding hydrogens is 440 g/mol. The monoisotopic (exact) mass is 472 g/mol. The first-order valence-corrected chi connectivity index (χ1v) is 12.4. The quantitative estimate of drug-likeness (QED) is 0.354. The summed E-state index contributed by atoms with van der Waals surface area (Å²) in [5, 5.41) is 0. The minimum Gasteiger partial charge on any atom is -0.463 e. The molecule has 35 heavy (non-hydrogen) atoms. The molecule has 8 heteroatoms. The summed E-state index contributed by atoms with van der Waals surface area (Å²) in [4.78, 5) is 26.7. The van der Waals surface area contributed by atoms with E-state index in [1.807, 2.05) is 12.1 Å². The van der Waals surface area contributed by atoms with Crippen LogP contribution in [0.1, 0.15) is 43.7 Å². The average Bonchev–Trinajstić information content (AvgIpc) is 3.48. The van der Waals surface area contributed by atoms with Crippen LogP contribution < -0.4 is 16.2 Å². The van der Waals surface area contributed by atoms with Crippen LogP contribution in [0.15, 0.2) is 53.3 Å². The zero-order valence-corrected chi connectivity index (χ0v) is 20.2. The third-order valence-corrected chi connectivity index (χ3v) is 6.49. The molecule has 1 saturated heterocycles. The molecule has 0 aliphatic carbocycles. The van der Waals surface area contributed by atoms with Gasteiger partial charge in [0.25, 0.3) is 0 Å². The summed E-state index contributed by atoms with van der Waals surface area (Å²) in [6.07, 6.45) is 4.48. The number of rotatable bonds is 9. The maximum Gasteiger partial charge on any atom is 0.328 e. The Balaban J connectivity index is 1.41. The van der Waals surface area contributed by atoms with E-state index in [2.05, 4.69) is 63.2 Å². The van der Waals surface area contributed by atoms with Gasteiger partial charge in [0.05, 0.1) is 13.2 Å². The van der Waals surface area contributed by atoms with Gasteiger partial charge in [0.2, 0.25) is 0 Å². The second-order valence-corrected chi connectivity index (χ2v) is 9.19. The first-order valence-electron chi connectivity index (χ1n) is 12.4. The molecule has 3 N–H and O–H groups in total. The Kier molecular flexibility index (Phi) is 6.81. The van der Waals surface area contributed by atoms with Crippen molar-refractivity contribution in [2.75, 3.05) is 25.4 Å². The smallest absolute Gasteiger partial charge is 0.328 e. The van der Waals surface area contributed by atoms with Crippen LogP contribution in [0.2, 0.25) is 0 Å². The Morgan fingerprint density at radius 3 is 2.37 bits per heavy atom. The molecule has 3 heterocycles. The second kappa shape index (κ2) is 10.3.